The van der Waals surface area contributed by atoms with Crippen molar-refractivity contribution < 1.29 is 14.3 Å². The van der Waals surface area contributed by atoms with Gasteiger partial charge in [-0.05, 0) is 37.3 Å². The highest BCUT2D eigenvalue weighted by molar-refractivity contribution is 5.79. The van der Waals surface area contributed by atoms with Crippen LogP contribution in [0.5, 0.6) is 0 Å². The third-order valence-corrected chi connectivity index (χ3v) is 4.60. The quantitative estimate of drug-likeness (QED) is 0.775. The smallest absolute Gasteiger partial charge is 0.302 e. The number of hydrogen-bond donors (Lipinski definition) is 0. The normalized spacial score (nSPS) is 17.3. The van der Waals surface area contributed by atoms with E-state index < -0.39 is 0 Å². The zero-order chi connectivity index (χ0) is 16.2. The van der Waals surface area contributed by atoms with Gasteiger partial charge in [0.2, 0.25) is 0 Å². The van der Waals surface area contributed by atoms with Crippen molar-refractivity contribution in [1.82, 2.24) is 0 Å². The van der Waals surface area contributed by atoms with E-state index in [-0.39, 0.29) is 11.4 Å². The van der Waals surface area contributed by atoms with Gasteiger partial charge in [-0.25, -0.2) is 0 Å². The van der Waals surface area contributed by atoms with Crippen molar-refractivity contribution >= 4 is 11.8 Å². The third-order valence-electron chi connectivity index (χ3n) is 4.60. The Morgan fingerprint density at radius 1 is 1.23 bits per heavy atom. The first-order valence-electron chi connectivity index (χ1n) is 8.21. The number of Topliss-reactive ketones (excluding diaryl/α,β-unsaturated/α-hetero) is 1. The van der Waals surface area contributed by atoms with E-state index in [1.165, 1.54) is 23.6 Å². The van der Waals surface area contributed by atoms with Crippen molar-refractivity contribution in [2.24, 2.45) is 0 Å². The molecule has 0 amide bonds. The summed E-state index contributed by atoms with van der Waals surface area (Å²) in [7, 11) is 0. The van der Waals surface area contributed by atoms with Crippen LogP contribution in [0.1, 0.15) is 62.6 Å². The second-order valence-corrected chi connectivity index (χ2v) is 6.56. The van der Waals surface area contributed by atoms with Crippen molar-refractivity contribution in [2.45, 2.75) is 64.7 Å². The molecule has 1 aromatic rings. The van der Waals surface area contributed by atoms with Gasteiger partial charge >= 0.3 is 5.97 Å². The van der Waals surface area contributed by atoms with Crippen LogP contribution in [0.15, 0.2) is 18.2 Å². The van der Waals surface area contributed by atoms with Gasteiger partial charge in [0.1, 0.15) is 12.4 Å². The minimum absolute atomic E-state index is 0.200. The summed E-state index contributed by atoms with van der Waals surface area (Å²) in [5.41, 5.74) is 3.59. The summed E-state index contributed by atoms with van der Waals surface area (Å²) in [5, 5.41) is 0. The van der Waals surface area contributed by atoms with E-state index in [0.717, 1.165) is 25.7 Å². The molecule has 0 atom stereocenters. The van der Waals surface area contributed by atoms with E-state index in [2.05, 4.69) is 32.0 Å². The Morgan fingerprint density at radius 2 is 1.91 bits per heavy atom. The Morgan fingerprint density at radius 3 is 2.50 bits per heavy atom. The second-order valence-electron chi connectivity index (χ2n) is 6.56. The number of esters is 1. The molecule has 120 valence electrons. The van der Waals surface area contributed by atoms with Gasteiger partial charge < -0.3 is 4.74 Å². The van der Waals surface area contributed by atoms with Gasteiger partial charge in [0.25, 0.3) is 0 Å². The summed E-state index contributed by atoms with van der Waals surface area (Å²) < 4.78 is 5.36. The van der Waals surface area contributed by atoms with E-state index in [4.69, 9.17) is 4.74 Å². The largest absolute Gasteiger partial charge is 0.465 e. The van der Waals surface area contributed by atoms with E-state index >= 15 is 0 Å². The number of benzene rings is 1. The maximum absolute atomic E-state index is 11.6. The number of carbonyl (C=O) groups excluding carboxylic acids is 2. The highest BCUT2D eigenvalue weighted by Crippen LogP contribution is 2.39. The van der Waals surface area contributed by atoms with Crippen LogP contribution < -0.4 is 0 Å². The molecule has 1 aliphatic carbocycles. The molecule has 1 saturated carbocycles. The summed E-state index contributed by atoms with van der Waals surface area (Å²) in [5.74, 6) is 0.0672. The fraction of sp³-hybridized carbons (Fsp3) is 0.579. The lowest BCUT2D eigenvalue weighted by Crippen LogP contribution is -2.37. The molecule has 0 N–H and O–H groups in total. The van der Waals surface area contributed by atoms with Crippen molar-refractivity contribution in [3.63, 3.8) is 0 Å². The maximum atomic E-state index is 11.6. The Kier molecular flexibility index (Phi) is 5.38. The fourth-order valence-corrected chi connectivity index (χ4v) is 3.37. The van der Waals surface area contributed by atoms with Gasteiger partial charge in [-0.15, -0.1) is 0 Å². The Labute approximate surface area is 133 Å². The van der Waals surface area contributed by atoms with Gasteiger partial charge in [-0.2, -0.15) is 0 Å². The van der Waals surface area contributed by atoms with Crippen LogP contribution in [0.2, 0.25) is 0 Å². The summed E-state index contributed by atoms with van der Waals surface area (Å²) in [6.07, 6.45) is 4.87. The molecule has 1 aromatic carbocycles. The van der Waals surface area contributed by atoms with Crippen LogP contribution in [0.4, 0.5) is 0 Å². The molecule has 0 bridgehead atoms. The standard InChI is InChI=1S/C19H26O3/c1-4-5-16-10-14(2)11-17(12-16)19(13-22-15(3)20)8-6-18(21)7-9-19/h10-12H,4-9,13H2,1-3H3. The number of ether oxygens (including phenoxy) is 1. The molecule has 0 heterocycles. The van der Waals surface area contributed by atoms with Gasteiger partial charge in [-0.3, -0.25) is 9.59 Å². The summed E-state index contributed by atoms with van der Waals surface area (Å²) in [4.78, 5) is 22.9. The monoisotopic (exact) mass is 302 g/mol. The highest BCUT2D eigenvalue weighted by Gasteiger charge is 2.37. The molecule has 0 unspecified atom stereocenters. The van der Waals surface area contributed by atoms with Crippen LogP contribution in [0.25, 0.3) is 0 Å². The van der Waals surface area contributed by atoms with Gasteiger partial charge in [0, 0.05) is 25.2 Å². The van der Waals surface area contributed by atoms with Gasteiger partial charge in [-0.1, -0.05) is 37.1 Å². The van der Waals surface area contributed by atoms with Crippen LogP contribution in [-0.4, -0.2) is 18.4 Å². The van der Waals surface area contributed by atoms with Crippen molar-refractivity contribution in [3.8, 4) is 0 Å². The lowest BCUT2D eigenvalue weighted by atomic mass is 9.69. The molecular weight excluding hydrogens is 276 g/mol. The predicted octanol–water partition coefficient (Wildman–Crippen LogP) is 3.89. The molecule has 2 rings (SSSR count). The summed E-state index contributed by atoms with van der Waals surface area (Å²) in [6, 6.07) is 6.66. The van der Waals surface area contributed by atoms with Crippen LogP contribution in [0, 0.1) is 6.92 Å². The lowest BCUT2D eigenvalue weighted by molar-refractivity contribution is -0.143. The molecule has 22 heavy (non-hydrogen) atoms. The first-order chi connectivity index (χ1) is 10.4. The van der Waals surface area contributed by atoms with Crippen molar-refractivity contribution in [2.75, 3.05) is 6.61 Å². The minimum atomic E-state index is -0.252. The van der Waals surface area contributed by atoms with Crippen molar-refractivity contribution in [1.29, 1.82) is 0 Å². The fourth-order valence-electron chi connectivity index (χ4n) is 3.37. The van der Waals surface area contributed by atoms with Crippen molar-refractivity contribution in [3.05, 3.63) is 34.9 Å². The number of hydrogen-bond acceptors (Lipinski definition) is 3. The number of rotatable bonds is 5. The molecule has 1 aliphatic rings. The topological polar surface area (TPSA) is 43.4 Å². The van der Waals surface area contributed by atoms with Gasteiger partial charge in [0.15, 0.2) is 0 Å². The number of aryl methyl sites for hydroxylation is 2. The molecule has 3 heteroatoms. The van der Waals surface area contributed by atoms with E-state index in [9.17, 15) is 9.59 Å². The third kappa shape index (κ3) is 3.96. The molecule has 1 fully saturated rings. The molecule has 3 nitrogen and oxygen atoms in total. The predicted molar refractivity (Wildman–Crippen MR) is 87.0 cm³/mol. The maximum Gasteiger partial charge on any atom is 0.302 e. The summed E-state index contributed by atoms with van der Waals surface area (Å²) >= 11 is 0. The Hall–Kier alpha value is -1.64. The molecular formula is C19H26O3. The first-order valence-corrected chi connectivity index (χ1v) is 8.21. The van der Waals surface area contributed by atoms with Crippen LogP contribution in [0.3, 0.4) is 0 Å². The van der Waals surface area contributed by atoms with E-state index in [1.54, 1.807) is 0 Å². The zero-order valence-electron chi connectivity index (χ0n) is 13.9. The number of carbonyl (C=O) groups is 2. The molecule has 0 aromatic heterocycles. The van der Waals surface area contributed by atoms with Gasteiger partial charge in [0.05, 0.1) is 0 Å². The van der Waals surface area contributed by atoms with E-state index in [1.807, 2.05) is 0 Å². The Bertz CT molecular complexity index is 550. The number of ketones is 1. The molecule has 0 radical (unpaired) electrons. The Balaban J connectivity index is 2.35. The average Bonchev–Trinajstić information content (AvgIpc) is 2.47. The summed E-state index contributed by atoms with van der Waals surface area (Å²) in [6.45, 7) is 6.11. The SMILES string of the molecule is CCCc1cc(C)cc(C2(COC(C)=O)CCC(=O)CC2)c1. The van der Waals surface area contributed by atoms with Crippen LogP contribution >= 0.6 is 0 Å². The van der Waals surface area contributed by atoms with Crippen LogP contribution in [-0.2, 0) is 26.2 Å². The minimum Gasteiger partial charge on any atom is -0.465 e. The first kappa shape index (κ1) is 16.7. The average molecular weight is 302 g/mol. The zero-order valence-corrected chi connectivity index (χ0v) is 13.9. The molecule has 0 aliphatic heterocycles. The lowest BCUT2D eigenvalue weighted by Gasteiger charge is -2.37. The highest BCUT2D eigenvalue weighted by atomic mass is 16.5. The molecule has 0 spiro atoms. The van der Waals surface area contributed by atoms with E-state index in [0.29, 0.717) is 25.2 Å². The second kappa shape index (κ2) is 7.08. The molecule has 0 saturated heterocycles.